The molecular weight excluding hydrogens is 248 g/mol. The van der Waals surface area contributed by atoms with Gasteiger partial charge in [0.25, 0.3) is 0 Å². The van der Waals surface area contributed by atoms with E-state index in [4.69, 9.17) is 0 Å². The monoisotopic (exact) mass is 270 g/mol. The Hall–Kier alpha value is -1.61. The van der Waals surface area contributed by atoms with Crippen LogP contribution in [0.25, 0.3) is 0 Å². The van der Waals surface area contributed by atoms with Crippen LogP contribution < -0.4 is 5.32 Å². The number of piperidine rings is 1. The van der Waals surface area contributed by atoms with Crippen LogP contribution in [0.3, 0.4) is 0 Å². The highest BCUT2D eigenvalue weighted by Gasteiger charge is 2.43. The third-order valence-corrected chi connectivity index (χ3v) is 4.54. The topological polar surface area (TPSA) is 32.3 Å². The van der Waals surface area contributed by atoms with E-state index in [1.807, 2.05) is 23.1 Å². The van der Waals surface area contributed by atoms with Crippen molar-refractivity contribution in [3.05, 3.63) is 48.0 Å². The van der Waals surface area contributed by atoms with Crippen LogP contribution in [0, 0.1) is 0 Å². The molecule has 1 fully saturated rings. The van der Waals surface area contributed by atoms with Crippen molar-refractivity contribution >= 4 is 5.91 Å². The Bertz CT molecular complexity index is 489. The number of hydrogen-bond acceptors (Lipinski definition) is 2. The normalized spacial score (nSPS) is 21.7. The number of nitrogens with zero attached hydrogens (tertiary/aromatic N) is 1. The summed E-state index contributed by atoms with van der Waals surface area (Å²) in [6.07, 6.45) is 7.06. The maximum Gasteiger partial charge on any atom is 0.233 e. The van der Waals surface area contributed by atoms with Crippen LogP contribution in [0.2, 0.25) is 0 Å². The number of benzene rings is 1. The Morgan fingerprint density at radius 2 is 1.85 bits per heavy atom. The highest BCUT2D eigenvalue weighted by atomic mass is 16.2. The van der Waals surface area contributed by atoms with E-state index < -0.39 is 0 Å². The van der Waals surface area contributed by atoms with Crippen LogP contribution in [-0.4, -0.2) is 37.0 Å². The van der Waals surface area contributed by atoms with Crippen LogP contribution in [0.1, 0.15) is 24.8 Å². The average Bonchev–Trinajstić information content (AvgIpc) is 2.56. The van der Waals surface area contributed by atoms with Crippen molar-refractivity contribution in [2.45, 2.75) is 24.7 Å². The minimum absolute atomic E-state index is 0.314. The second kappa shape index (κ2) is 5.80. The van der Waals surface area contributed by atoms with E-state index in [1.54, 1.807) is 0 Å². The lowest BCUT2D eigenvalue weighted by molar-refractivity contribution is -0.138. The number of amides is 1. The molecule has 0 aliphatic carbocycles. The predicted molar refractivity (Wildman–Crippen MR) is 80.6 cm³/mol. The van der Waals surface area contributed by atoms with Gasteiger partial charge < -0.3 is 10.2 Å². The number of nitrogens with one attached hydrogen (secondary N) is 1. The summed E-state index contributed by atoms with van der Waals surface area (Å²) in [7, 11) is 0. The van der Waals surface area contributed by atoms with E-state index in [2.05, 4.69) is 29.6 Å². The lowest BCUT2D eigenvalue weighted by Gasteiger charge is -2.41. The minimum Gasteiger partial charge on any atom is -0.338 e. The summed E-state index contributed by atoms with van der Waals surface area (Å²) in [4.78, 5) is 15.2. The highest BCUT2D eigenvalue weighted by molar-refractivity contribution is 5.88. The van der Waals surface area contributed by atoms with Gasteiger partial charge in [0.2, 0.25) is 5.91 Å². The Labute approximate surface area is 120 Å². The molecule has 1 aromatic rings. The molecule has 106 valence electrons. The fourth-order valence-corrected chi connectivity index (χ4v) is 3.37. The molecule has 0 bridgehead atoms. The zero-order chi connectivity index (χ0) is 13.8. The van der Waals surface area contributed by atoms with E-state index in [0.717, 1.165) is 45.4 Å². The van der Waals surface area contributed by atoms with Gasteiger partial charge in [-0.2, -0.15) is 0 Å². The van der Waals surface area contributed by atoms with E-state index in [0.29, 0.717) is 5.91 Å². The molecule has 0 saturated carbocycles. The first kappa shape index (κ1) is 13.4. The molecule has 3 nitrogen and oxygen atoms in total. The Kier molecular flexibility index (Phi) is 3.88. The molecule has 0 radical (unpaired) electrons. The van der Waals surface area contributed by atoms with Gasteiger partial charge in [-0.1, -0.05) is 42.5 Å². The smallest absolute Gasteiger partial charge is 0.233 e. The summed E-state index contributed by atoms with van der Waals surface area (Å²) < 4.78 is 0. The van der Waals surface area contributed by atoms with Crippen LogP contribution >= 0.6 is 0 Å². The third kappa shape index (κ3) is 2.38. The van der Waals surface area contributed by atoms with Gasteiger partial charge >= 0.3 is 0 Å². The Balaban J connectivity index is 1.93. The van der Waals surface area contributed by atoms with Gasteiger partial charge in [0.15, 0.2) is 0 Å². The number of rotatable bonds is 2. The van der Waals surface area contributed by atoms with Crippen LogP contribution in [0.15, 0.2) is 42.5 Å². The van der Waals surface area contributed by atoms with Crippen molar-refractivity contribution < 1.29 is 4.79 Å². The van der Waals surface area contributed by atoms with Gasteiger partial charge in [-0.05, 0) is 37.9 Å². The molecule has 3 heteroatoms. The van der Waals surface area contributed by atoms with E-state index in [1.165, 1.54) is 5.56 Å². The molecular formula is C17H22N2O. The molecule has 0 atom stereocenters. The molecule has 1 saturated heterocycles. The van der Waals surface area contributed by atoms with Crippen molar-refractivity contribution in [3.8, 4) is 0 Å². The molecule has 2 heterocycles. The molecule has 2 aliphatic rings. The Morgan fingerprint density at radius 1 is 1.10 bits per heavy atom. The highest BCUT2D eigenvalue weighted by Crippen LogP contribution is 2.35. The summed E-state index contributed by atoms with van der Waals surface area (Å²) >= 11 is 0. The maximum atomic E-state index is 13.1. The Morgan fingerprint density at radius 3 is 2.50 bits per heavy atom. The zero-order valence-corrected chi connectivity index (χ0v) is 11.8. The largest absolute Gasteiger partial charge is 0.338 e. The number of hydrogen-bond donors (Lipinski definition) is 1. The summed E-state index contributed by atoms with van der Waals surface area (Å²) in [5.74, 6) is 0.314. The van der Waals surface area contributed by atoms with Crippen molar-refractivity contribution in [2.75, 3.05) is 26.2 Å². The van der Waals surface area contributed by atoms with Gasteiger partial charge in [0, 0.05) is 13.1 Å². The second-order valence-electron chi connectivity index (χ2n) is 5.71. The summed E-state index contributed by atoms with van der Waals surface area (Å²) in [5, 5.41) is 3.38. The molecule has 0 spiro atoms. The second-order valence-corrected chi connectivity index (χ2v) is 5.71. The molecule has 0 aromatic heterocycles. The number of carbonyl (C=O) groups is 1. The summed E-state index contributed by atoms with van der Waals surface area (Å²) in [5.41, 5.74) is 0.860. The van der Waals surface area contributed by atoms with Gasteiger partial charge in [-0.15, -0.1) is 0 Å². The molecule has 20 heavy (non-hydrogen) atoms. The standard InChI is InChI=1S/C17H22N2O/c20-16(19-13-5-2-6-14-19)17(9-11-18-12-10-17)15-7-3-1-4-8-15/h1-5,7-8,18H,6,9-14H2. The lowest BCUT2D eigenvalue weighted by Crippen LogP contribution is -2.52. The molecule has 0 unspecified atom stereocenters. The molecule has 2 aliphatic heterocycles. The first-order valence-electron chi connectivity index (χ1n) is 7.53. The van der Waals surface area contributed by atoms with Gasteiger partial charge in [-0.3, -0.25) is 4.79 Å². The summed E-state index contributed by atoms with van der Waals surface area (Å²) in [6.45, 7) is 3.47. The number of carbonyl (C=O) groups excluding carboxylic acids is 1. The first-order valence-corrected chi connectivity index (χ1v) is 7.53. The van der Waals surface area contributed by atoms with E-state index >= 15 is 0 Å². The van der Waals surface area contributed by atoms with E-state index in [9.17, 15) is 4.79 Å². The fourth-order valence-electron chi connectivity index (χ4n) is 3.37. The summed E-state index contributed by atoms with van der Waals surface area (Å²) in [6, 6.07) is 10.3. The van der Waals surface area contributed by atoms with Crippen LogP contribution in [0.5, 0.6) is 0 Å². The molecule has 1 aromatic carbocycles. The van der Waals surface area contributed by atoms with Gasteiger partial charge in [0.1, 0.15) is 0 Å². The minimum atomic E-state index is -0.322. The predicted octanol–water partition coefficient (Wildman–Crippen LogP) is 2.10. The molecule has 1 N–H and O–H groups in total. The average molecular weight is 270 g/mol. The van der Waals surface area contributed by atoms with Crippen molar-refractivity contribution in [3.63, 3.8) is 0 Å². The van der Waals surface area contributed by atoms with Crippen molar-refractivity contribution in [1.29, 1.82) is 0 Å². The fraction of sp³-hybridized carbons (Fsp3) is 0.471. The quantitative estimate of drug-likeness (QED) is 0.835. The van der Waals surface area contributed by atoms with Crippen molar-refractivity contribution in [2.24, 2.45) is 0 Å². The van der Waals surface area contributed by atoms with Gasteiger partial charge in [-0.25, -0.2) is 0 Å². The molecule has 1 amide bonds. The SMILES string of the molecule is O=C(N1CC=CCC1)C1(c2ccccc2)CCNCC1. The van der Waals surface area contributed by atoms with Gasteiger partial charge in [0.05, 0.1) is 5.41 Å². The lowest BCUT2D eigenvalue weighted by atomic mass is 9.72. The van der Waals surface area contributed by atoms with Crippen LogP contribution in [-0.2, 0) is 10.2 Å². The first-order chi connectivity index (χ1) is 9.83. The van der Waals surface area contributed by atoms with E-state index in [-0.39, 0.29) is 5.41 Å². The molecule has 3 rings (SSSR count). The van der Waals surface area contributed by atoms with Crippen LogP contribution in [0.4, 0.5) is 0 Å². The third-order valence-electron chi connectivity index (χ3n) is 4.54. The van der Waals surface area contributed by atoms with Crippen molar-refractivity contribution in [1.82, 2.24) is 10.2 Å². The zero-order valence-electron chi connectivity index (χ0n) is 11.8. The maximum absolute atomic E-state index is 13.1.